The Labute approximate surface area is 126 Å². The number of carbonyl (C=O) groups is 1. The molecule has 0 aromatic heterocycles. The molecule has 4 nitrogen and oxygen atoms in total. The molecule has 0 spiro atoms. The predicted octanol–water partition coefficient (Wildman–Crippen LogP) is 3.06. The van der Waals surface area contributed by atoms with E-state index in [0.717, 1.165) is 32.0 Å². The molecular weight excluding hydrogens is 264 g/mol. The van der Waals surface area contributed by atoms with Gasteiger partial charge in [0.25, 0.3) is 0 Å². The fraction of sp³-hybridized carbons (Fsp3) is 0.471. The Morgan fingerprint density at radius 3 is 2.38 bits per heavy atom. The van der Waals surface area contributed by atoms with Crippen LogP contribution in [0.3, 0.4) is 0 Å². The van der Waals surface area contributed by atoms with E-state index in [0.29, 0.717) is 0 Å². The fourth-order valence-electron chi connectivity index (χ4n) is 2.05. The van der Waals surface area contributed by atoms with Gasteiger partial charge in [0.2, 0.25) is 0 Å². The van der Waals surface area contributed by atoms with Gasteiger partial charge in [0, 0.05) is 36.1 Å². The third kappa shape index (κ3) is 4.60. The molecule has 0 bridgehead atoms. The number of nitrogens with one attached hydrogen (secondary N) is 1. The first-order chi connectivity index (χ1) is 9.97. The summed E-state index contributed by atoms with van der Waals surface area (Å²) >= 11 is 0. The molecule has 0 unspecified atom stereocenters. The number of ketones is 1. The molecule has 2 rings (SSSR count). The van der Waals surface area contributed by atoms with Gasteiger partial charge in [-0.2, -0.15) is 0 Å². The van der Waals surface area contributed by atoms with Crippen molar-refractivity contribution < 1.29 is 9.53 Å². The van der Waals surface area contributed by atoms with Crippen LogP contribution < -0.4 is 10.2 Å². The summed E-state index contributed by atoms with van der Waals surface area (Å²) in [6.07, 6.45) is 3.30. The van der Waals surface area contributed by atoms with E-state index < -0.39 is 0 Å². The zero-order valence-corrected chi connectivity index (χ0v) is 13.1. The third-order valence-electron chi connectivity index (χ3n) is 3.47. The molecule has 0 atom stereocenters. The van der Waals surface area contributed by atoms with E-state index in [2.05, 4.69) is 22.3 Å². The molecule has 0 aliphatic carbocycles. The molecule has 1 aliphatic rings. The van der Waals surface area contributed by atoms with Crippen LogP contribution in [-0.2, 0) is 9.53 Å². The van der Waals surface area contributed by atoms with Crippen molar-refractivity contribution in [1.82, 2.24) is 0 Å². The van der Waals surface area contributed by atoms with Gasteiger partial charge in [-0.3, -0.25) is 4.79 Å². The molecule has 0 saturated carbocycles. The molecule has 0 amide bonds. The summed E-state index contributed by atoms with van der Waals surface area (Å²) in [6, 6.07) is 8.23. The lowest BCUT2D eigenvalue weighted by molar-refractivity contribution is -0.121. The number of allylic oxidation sites excluding steroid dienone is 1. The van der Waals surface area contributed by atoms with Crippen LogP contribution >= 0.6 is 0 Å². The van der Waals surface area contributed by atoms with E-state index in [1.54, 1.807) is 12.3 Å². The van der Waals surface area contributed by atoms with Crippen molar-refractivity contribution in [3.63, 3.8) is 0 Å². The first kappa shape index (κ1) is 15.6. The number of rotatable bonds is 4. The van der Waals surface area contributed by atoms with Gasteiger partial charge in [-0.15, -0.1) is 0 Å². The molecule has 1 fully saturated rings. The molecule has 1 aromatic carbocycles. The highest BCUT2D eigenvalue weighted by Gasteiger charge is 2.17. The Morgan fingerprint density at radius 1 is 1.19 bits per heavy atom. The zero-order chi connectivity index (χ0) is 15.3. The van der Waals surface area contributed by atoms with Gasteiger partial charge >= 0.3 is 0 Å². The van der Waals surface area contributed by atoms with E-state index in [1.165, 1.54) is 5.69 Å². The Morgan fingerprint density at radius 2 is 1.81 bits per heavy atom. The number of hydrogen-bond acceptors (Lipinski definition) is 4. The molecule has 21 heavy (non-hydrogen) atoms. The van der Waals surface area contributed by atoms with Gasteiger partial charge in [0.1, 0.15) is 0 Å². The highest BCUT2D eigenvalue weighted by atomic mass is 16.5. The molecule has 1 aromatic rings. The lowest BCUT2D eigenvalue weighted by atomic mass is 9.91. The van der Waals surface area contributed by atoms with E-state index >= 15 is 0 Å². The summed E-state index contributed by atoms with van der Waals surface area (Å²) in [4.78, 5) is 14.1. The van der Waals surface area contributed by atoms with Gasteiger partial charge in [-0.1, -0.05) is 20.8 Å². The van der Waals surface area contributed by atoms with Crippen LogP contribution in [0.5, 0.6) is 0 Å². The average molecular weight is 288 g/mol. The lowest BCUT2D eigenvalue weighted by Crippen LogP contribution is -2.36. The highest BCUT2D eigenvalue weighted by Crippen LogP contribution is 2.19. The number of anilines is 2. The van der Waals surface area contributed by atoms with Gasteiger partial charge in [-0.25, -0.2) is 0 Å². The van der Waals surface area contributed by atoms with Crippen LogP contribution in [0.4, 0.5) is 11.4 Å². The highest BCUT2D eigenvalue weighted by molar-refractivity contribution is 5.94. The summed E-state index contributed by atoms with van der Waals surface area (Å²) in [5.74, 6) is 0.111. The minimum atomic E-state index is -0.335. The first-order valence-corrected chi connectivity index (χ1v) is 7.37. The summed E-state index contributed by atoms with van der Waals surface area (Å²) in [7, 11) is 0. The second-order valence-corrected chi connectivity index (χ2v) is 6.24. The summed E-state index contributed by atoms with van der Waals surface area (Å²) < 4.78 is 5.35. The van der Waals surface area contributed by atoms with E-state index in [-0.39, 0.29) is 11.2 Å². The SMILES string of the molecule is CC(C)(C)C(=O)C=CNc1ccc(N2CCOCC2)cc1. The maximum Gasteiger partial charge on any atom is 0.162 e. The van der Waals surface area contributed by atoms with Gasteiger partial charge in [0.05, 0.1) is 13.2 Å². The van der Waals surface area contributed by atoms with E-state index in [4.69, 9.17) is 4.74 Å². The van der Waals surface area contributed by atoms with Gasteiger partial charge in [0.15, 0.2) is 5.78 Å². The summed E-state index contributed by atoms with van der Waals surface area (Å²) in [5, 5.41) is 3.13. The van der Waals surface area contributed by atoms with Crippen LogP contribution in [0.2, 0.25) is 0 Å². The molecule has 1 heterocycles. The number of morpholine rings is 1. The van der Waals surface area contributed by atoms with Crippen LogP contribution in [0, 0.1) is 5.41 Å². The fourth-order valence-corrected chi connectivity index (χ4v) is 2.05. The van der Waals surface area contributed by atoms with Crippen molar-refractivity contribution >= 4 is 17.2 Å². The van der Waals surface area contributed by atoms with Crippen LogP contribution in [0.25, 0.3) is 0 Å². The predicted molar refractivity (Wildman–Crippen MR) is 86.7 cm³/mol. The number of carbonyl (C=O) groups excluding carboxylic acids is 1. The molecule has 1 saturated heterocycles. The average Bonchev–Trinajstić information content (AvgIpc) is 2.48. The number of nitrogens with zero attached hydrogens (tertiary/aromatic N) is 1. The van der Waals surface area contributed by atoms with Crippen molar-refractivity contribution in [2.45, 2.75) is 20.8 Å². The molecule has 4 heteroatoms. The molecular formula is C17H24N2O2. The smallest absolute Gasteiger partial charge is 0.162 e. The second kappa shape index (κ2) is 6.76. The normalized spacial score (nSPS) is 16.2. The van der Waals surface area contributed by atoms with Crippen molar-refractivity contribution in [3.05, 3.63) is 36.5 Å². The zero-order valence-electron chi connectivity index (χ0n) is 13.1. The maximum atomic E-state index is 11.8. The van der Waals surface area contributed by atoms with E-state index in [1.807, 2.05) is 32.9 Å². The first-order valence-electron chi connectivity index (χ1n) is 7.37. The Balaban J connectivity index is 1.90. The Kier molecular flexibility index (Phi) is 5.02. The van der Waals surface area contributed by atoms with Crippen molar-refractivity contribution in [1.29, 1.82) is 0 Å². The van der Waals surface area contributed by atoms with Crippen LogP contribution in [0.15, 0.2) is 36.5 Å². The molecule has 1 N–H and O–H groups in total. The minimum Gasteiger partial charge on any atom is -0.378 e. The summed E-state index contributed by atoms with van der Waals surface area (Å²) in [5.41, 5.74) is 1.85. The standard InChI is InChI=1S/C17H24N2O2/c1-17(2,3)16(20)8-9-18-14-4-6-15(7-5-14)19-10-12-21-13-11-19/h4-9,18H,10-13H2,1-3H3. The summed E-state index contributed by atoms with van der Waals surface area (Å²) in [6.45, 7) is 9.19. The Hall–Kier alpha value is -1.81. The van der Waals surface area contributed by atoms with E-state index in [9.17, 15) is 4.79 Å². The largest absolute Gasteiger partial charge is 0.378 e. The van der Waals surface area contributed by atoms with Crippen molar-refractivity contribution in [2.24, 2.45) is 5.41 Å². The lowest BCUT2D eigenvalue weighted by Gasteiger charge is -2.28. The molecule has 114 valence electrons. The van der Waals surface area contributed by atoms with Crippen molar-refractivity contribution in [2.75, 3.05) is 36.5 Å². The van der Waals surface area contributed by atoms with Crippen LogP contribution in [-0.4, -0.2) is 32.1 Å². The second-order valence-electron chi connectivity index (χ2n) is 6.24. The Bertz CT molecular complexity index is 495. The molecule has 0 radical (unpaired) electrons. The topological polar surface area (TPSA) is 41.6 Å². The maximum absolute atomic E-state index is 11.8. The number of ether oxygens (including phenoxy) is 1. The monoisotopic (exact) mass is 288 g/mol. The van der Waals surface area contributed by atoms with Crippen molar-refractivity contribution in [3.8, 4) is 0 Å². The van der Waals surface area contributed by atoms with Crippen LogP contribution in [0.1, 0.15) is 20.8 Å². The minimum absolute atomic E-state index is 0.111. The number of benzene rings is 1. The quantitative estimate of drug-likeness (QED) is 0.865. The third-order valence-corrected chi connectivity index (χ3v) is 3.47. The molecule has 1 aliphatic heterocycles. The van der Waals surface area contributed by atoms with Gasteiger partial charge < -0.3 is 15.0 Å². The van der Waals surface area contributed by atoms with Gasteiger partial charge in [-0.05, 0) is 30.3 Å². The number of hydrogen-bond donors (Lipinski definition) is 1.